The van der Waals surface area contributed by atoms with Crippen LogP contribution in [0.2, 0.25) is 0 Å². The first kappa shape index (κ1) is 12.5. The Balaban J connectivity index is 2.78. The van der Waals surface area contributed by atoms with Gasteiger partial charge < -0.3 is 10.0 Å². The Hall–Kier alpha value is -1.58. The maximum Gasteiger partial charge on any atom is 0.308 e. The van der Waals surface area contributed by atoms with Gasteiger partial charge >= 0.3 is 5.97 Å². The fourth-order valence-electron chi connectivity index (χ4n) is 1.49. The van der Waals surface area contributed by atoms with E-state index in [-0.39, 0.29) is 5.92 Å². The number of hydrogen-bond acceptors (Lipinski definition) is 3. The first-order valence-corrected chi connectivity index (χ1v) is 5.45. The number of aliphatic carboxylic acids is 1. The van der Waals surface area contributed by atoms with Gasteiger partial charge in [0, 0.05) is 19.3 Å². The van der Waals surface area contributed by atoms with Crippen LogP contribution in [0.3, 0.4) is 0 Å². The summed E-state index contributed by atoms with van der Waals surface area (Å²) in [6, 6.07) is 3.90. The summed E-state index contributed by atoms with van der Waals surface area (Å²) >= 11 is 0. The number of pyridine rings is 1. The second-order valence-electron chi connectivity index (χ2n) is 3.97. The molecule has 1 rings (SSSR count). The zero-order valence-corrected chi connectivity index (χ0v) is 9.97. The largest absolute Gasteiger partial charge is 0.481 e. The van der Waals surface area contributed by atoms with Crippen molar-refractivity contribution in [2.24, 2.45) is 5.92 Å². The van der Waals surface area contributed by atoms with Crippen molar-refractivity contribution in [2.45, 2.75) is 20.8 Å². The fourth-order valence-corrected chi connectivity index (χ4v) is 1.49. The number of nitrogens with zero attached hydrogens (tertiary/aromatic N) is 2. The molecular weight excluding hydrogens is 204 g/mol. The van der Waals surface area contributed by atoms with Crippen LogP contribution in [-0.2, 0) is 4.79 Å². The van der Waals surface area contributed by atoms with E-state index in [4.69, 9.17) is 5.11 Å². The molecule has 0 aliphatic carbocycles. The first-order chi connectivity index (χ1) is 7.54. The molecule has 0 spiro atoms. The van der Waals surface area contributed by atoms with Crippen molar-refractivity contribution in [3.8, 4) is 0 Å². The second-order valence-corrected chi connectivity index (χ2v) is 3.97. The summed E-state index contributed by atoms with van der Waals surface area (Å²) in [5, 5.41) is 8.88. The van der Waals surface area contributed by atoms with E-state index in [9.17, 15) is 4.79 Å². The minimum Gasteiger partial charge on any atom is -0.481 e. The Bertz CT molecular complexity index is 366. The third kappa shape index (κ3) is 3.22. The minimum absolute atomic E-state index is 0.387. The molecule has 1 aromatic rings. The molecular formula is C12H18N2O2. The second kappa shape index (κ2) is 5.49. The molecule has 0 fully saturated rings. The molecule has 1 heterocycles. The van der Waals surface area contributed by atoms with E-state index in [2.05, 4.69) is 4.98 Å². The molecule has 0 bridgehead atoms. The first-order valence-electron chi connectivity index (χ1n) is 5.45. The van der Waals surface area contributed by atoms with E-state index in [0.717, 1.165) is 17.9 Å². The molecule has 0 amide bonds. The number of hydrogen-bond donors (Lipinski definition) is 1. The van der Waals surface area contributed by atoms with Crippen LogP contribution in [0.1, 0.15) is 19.4 Å². The van der Waals surface area contributed by atoms with Gasteiger partial charge in [-0.15, -0.1) is 0 Å². The lowest BCUT2D eigenvalue weighted by Gasteiger charge is -2.24. The highest BCUT2D eigenvalue weighted by Gasteiger charge is 2.16. The molecule has 0 aromatic carbocycles. The zero-order chi connectivity index (χ0) is 12.1. The average molecular weight is 222 g/mol. The maximum absolute atomic E-state index is 10.8. The number of anilines is 1. The van der Waals surface area contributed by atoms with E-state index in [1.807, 2.05) is 30.9 Å². The van der Waals surface area contributed by atoms with Gasteiger partial charge in [-0.1, -0.05) is 6.92 Å². The van der Waals surface area contributed by atoms with Crippen LogP contribution in [0.4, 0.5) is 5.82 Å². The highest BCUT2D eigenvalue weighted by Crippen LogP contribution is 2.13. The highest BCUT2D eigenvalue weighted by molar-refractivity contribution is 5.70. The van der Waals surface area contributed by atoms with E-state index in [0.29, 0.717) is 6.54 Å². The molecule has 4 nitrogen and oxygen atoms in total. The summed E-state index contributed by atoms with van der Waals surface area (Å²) < 4.78 is 0. The molecule has 1 N–H and O–H groups in total. The van der Waals surface area contributed by atoms with Crippen LogP contribution in [0.25, 0.3) is 0 Å². The lowest BCUT2D eigenvalue weighted by atomic mass is 10.1. The van der Waals surface area contributed by atoms with E-state index >= 15 is 0 Å². The lowest BCUT2D eigenvalue weighted by molar-refractivity contribution is -0.140. The van der Waals surface area contributed by atoms with Gasteiger partial charge in [-0.2, -0.15) is 0 Å². The Morgan fingerprint density at radius 2 is 2.31 bits per heavy atom. The van der Waals surface area contributed by atoms with Gasteiger partial charge in [0.1, 0.15) is 5.82 Å². The van der Waals surface area contributed by atoms with Crippen molar-refractivity contribution < 1.29 is 9.90 Å². The number of aromatic nitrogens is 1. The fraction of sp³-hybridized carbons (Fsp3) is 0.500. The van der Waals surface area contributed by atoms with Crippen LogP contribution in [0, 0.1) is 12.8 Å². The molecule has 0 radical (unpaired) electrons. The number of rotatable bonds is 5. The average Bonchev–Trinajstić information content (AvgIpc) is 2.25. The predicted molar refractivity (Wildman–Crippen MR) is 63.7 cm³/mol. The summed E-state index contributed by atoms with van der Waals surface area (Å²) in [4.78, 5) is 17.0. The van der Waals surface area contributed by atoms with Crippen molar-refractivity contribution >= 4 is 11.8 Å². The lowest BCUT2D eigenvalue weighted by Crippen LogP contribution is -2.32. The standard InChI is InChI=1S/C12H18N2O2/c1-4-14(8-10(3)12(15)16)11-7-9(2)5-6-13-11/h5-7,10H,4,8H2,1-3H3,(H,15,16). The topological polar surface area (TPSA) is 53.4 Å². The molecule has 16 heavy (non-hydrogen) atoms. The molecule has 1 aromatic heterocycles. The molecule has 88 valence electrons. The van der Waals surface area contributed by atoms with Gasteiger partial charge in [-0.3, -0.25) is 4.79 Å². The van der Waals surface area contributed by atoms with E-state index in [1.54, 1.807) is 13.1 Å². The SMILES string of the molecule is CCN(CC(C)C(=O)O)c1cc(C)ccn1. The van der Waals surface area contributed by atoms with Gasteiger partial charge in [0.15, 0.2) is 0 Å². The summed E-state index contributed by atoms with van der Waals surface area (Å²) in [6.45, 7) is 6.95. The summed E-state index contributed by atoms with van der Waals surface area (Å²) in [7, 11) is 0. The zero-order valence-electron chi connectivity index (χ0n) is 9.97. The highest BCUT2D eigenvalue weighted by atomic mass is 16.4. The molecule has 4 heteroatoms. The maximum atomic E-state index is 10.8. The molecule has 0 saturated carbocycles. The van der Waals surface area contributed by atoms with Crippen molar-refractivity contribution in [3.63, 3.8) is 0 Å². The van der Waals surface area contributed by atoms with Crippen LogP contribution in [-0.4, -0.2) is 29.1 Å². The number of carbonyl (C=O) groups is 1. The van der Waals surface area contributed by atoms with Crippen LogP contribution in [0.15, 0.2) is 18.3 Å². The van der Waals surface area contributed by atoms with Crippen molar-refractivity contribution in [2.75, 3.05) is 18.0 Å². The quantitative estimate of drug-likeness (QED) is 0.827. The Kier molecular flexibility index (Phi) is 4.28. The van der Waals surface area contributed by atoms with Gasteiger partial charge in [0.2, 0.25) is 0 Å². The predicted octanol–water partition coefficient (Wildman–Crippen LogP) is 1.94. The van der Waals surface area contributed by atoms with Crippen molar-refractivity contribution in [3.05, 3.63) is 23.9 Å². The van der Waals surface area contributed by atoms with Crippen molar-refractivity contribution in [1.82, 2.24) is 4.98 Å². The summed E-state index contributed by atoms with van der Waals surface area (Å²) in [6.07, 6.45) is 1.75. The third-order valence-corrected chi connectivity index (χ3v) is 2.52. The van der Waals surface area contributed by atoms with Crippen LogP contribution >= 0.6 is 0 Å². The monoisotopic (exact) mass is 222 g/mol. The number of aryl methyl sites for hydroxylation is 1. The molecule has 1 atom stereocenters. The number of carboxylic acid groups (broad SMARTS) is 1. The van der Waals surface area contributed by atoms with Gasteiger partial charge in [0.05, 0.1) is 5.92 Å². The van der Waals surface area contributed by atoms with Gasteiger partial charge in [-0.05, 0) is 31.5 Å². The minimum atomic E-state index is -0.772. The molecule has 0 aliphatic rings. The number of carboxylic acids is 1. The smallest absolute Gasteiger partial charge is 0.308 e. The molecule has 0 saturated heterocycles. The summed E-state index contributed by atoms with van der Waals surface area (Å²) in [5.74, 6) is -0.316. The van der Waals surface area contributed by atoms with E-state index < -0.39 is 5.97 Å². The van der Waals surface area contributed by atoms with Crippen LogP contribution < -0.4 is 4.90 Å². The van der Waals surface area contributed by atoms with Crippen LogP contribution in [0.5, 0.6) is 0 Å². The Labute approximate surface area is 95.9 Å². The van der Waals surface area contributed by atoms with Crippen molar-refractivity contribution in [1.29, 1.82) is 0 Å². The molecule has 0 aliphatic heterocycles. The van der Waals surface area contributed by atoms with Gasteiger partial charge in [0.25, 0.3) is 0 Å². The third-order valence-electron chi connectivity index (χ3n) is 2.52. The normalized spacial score (nSPS) is 12.2. The summed E-state index contributed by atoms with van der Waals surface area (Å²) in [5.41, 5.74) is 1.13. The Morgan fingerprint density at radius 3 is 2.81 bits per heavy atom. The van der Waals surface area contributed by atoms with E-state index in [1.165, 1.54) is 0 Å². The Morgan fingerprint density at radius 1 is 1.62 bits per heavy atom. The van der Waals surface area contributed by atoms with Gasteiger partial charge in [-0.25, -0.2) is 4.98 Å². The molecule has 1 unspecified atom stereocenters.